The number of carbonyl (C=O) groups is 1. The maximum absolute atomic E-state index is 13.2. The number of hydrogen-bond donors (Lipinski definition) is 1. The number of aryl methyl sites for hydroxylation is 3. The molecule has 2 fully saturated rings. The van der Waals surface area contributed by atoms with Gasteiger partial charge in [-0.15, -0.1) is 0 Å². The fraction of sp³-hybridized carbons (Fsp3) is 0.650. The molecule has 7 heteroatoms. The van der Waals surface area contributed by atoms with Gasteiger partial charge < -0.3 is 10.2 Å². The molecule has 1 amide bonds. The number of nitrogens with one attached hydrogen (secondary N) is 1. The summed E-state index contributed by atoms with van der Waals surface area (Å²) in [7, 11) is -3.53. The van der Waals surface area contributed by atoms with E-state index in [4.69, 9.17) is 0 Å². The first-order valence-electron chi connectivity index (χ1n) is 9.81. The number of amides is 1. The van der Waals surface area contributed by atoms with Crippen molar-refractivity contribution >= 4 is 15.9 Å². The Hall–Kier alpha value is -1.44. The molecule has 150 valence electrons. The van der Waals surface area contributed by atoms with Crippen LogP contribution in [0.5, 0.6) is 0 Å². The number of rotatable bonds is 3. The average Bonchev–Trinajstić information content (AvgIpc) is 2.60. The van der Waals surface area contributed by atoms with Crippen LogP contribution in [0.15, 0.2) is 17.0 Å². The van der Waals surface area contributed by atoms with Crippen LogP contribution < -0.4 is 5.32 Å². The first-order chi connectivity index (χ1) is 12.7. The molecule has 1 aromatic carbocycles. The van der Waals surface area contributed by atoms with Crippen LogP contribution in [0.25, 0.3) is 0 Å². The monoisotopic (exact) mass is 393 g/mol. The molecule has 1 aromatic rings. The van der Waals surface area contributed by atoms with Crippen molar-refractivity contribution in [3.05, 3.63) is 28.8 Å². The number of sulfonamides is 1. The SMILES string of the molecule is Cc1cc(C)c(S(=O)(=O)N2CCC(C(=O)N3CCNC[C@@H]3C)CC2)c(C)c1. The standard InChI is InChI=1S/C20H31N3O3S/c1-14-11-15(2)19(16(3)12-14)27(25,26)22-8-5-18(6-9-22)20(24)23-10-7-21-13-17(23)4/h11-12,17-18,21H,5-10,13H2,1-4H3/t17-/m0/s1. The predicted molar refractivity (Wildman–Crippen MR) is 106 cm³/mol. The quantitative estimate of drug-likeness (QED) is 0.851. The number of nitrogens with zero attached hydrogens (tertiary/aromatic N) is 2. The van der Waals surface area contributed by atoms with Gasteiger partial charge in [-0.3, -0.25) is 4.79 Å². The lowest BCUT2D eigenvalue weighted by atomic mass is 9.95. The second-order valence-electron chi connectivity index (χ2n) is 7.99. The van der Waals surface area contributed by atoms with Gasteiger partial charge in [0.1, 0.15) is 0 Å². The second-order valence-corrected chi connectivity index (χ2v) is 9.87. The summed E-state index contributed by atoms with van der Waals surface area (Å²) in [5, 5.41) is 3.30. The number of carbonyl (C=O) groups excluding carboxylic acids is 1. The maximum Gasteiger partial charge on any atom is 0.243 e. The summed E-state index contributed by atoms with van der Waals surface area (Å²) in [6, 6.07) is 4.04. The lowest BCUT2D eigenvalue weighted by Gasteiger charge is -2.38. The summed E-state index contributed by atoms with van der Waals surface area (Å²) in [6.45, 7) is 11.0. The van der Waals surface area contributed by atoms with Crippen molar-refractivity contribution in [3.8, 4) is 0 Å². The Balaban J connectivity index is 1.71. The first-order valence-corrected chi connectivity index (χ1v) is 11.2. The largest absolute Gasteiger partial charge is 0.337 e. The van der Waals surface area contributed by atoms with Gasteiger partial charge in [0.25, 0.3) is 0 Å². The molecule has 0 radical (unpaired) electrons. The van der Waals surface area contributed by atoms with E-state index in [1.807, 2.05) is 37.8 Å². The van der Waals surface area contributed by atoms with Gasteiger partial charge in [0.15, 0.2) is 0 Å². The molecule has 2 aliphatic heterocycles. The van der Waals surface area contributed by atoms with Crippen LogP contribution in [-0.2, 0) is 14.8 Å². The van der Waals surface area contributed by atoms with Crippen LogP contribution in [0.3, 0.4) is 0 Å². The minimum atomic E-state index is -3.53. The molecule has 1 N–H and O–H groups in total. The summed E-state index contributed by atoms with van der Waals surface area (Å²) in [5.74, 6) is 0.112. The number of piperazine rings is 1. The van der Waals surface area contributed by atoms with Crippen molar-refractivity contribution in [1.29, 1.82) is 0 Å². The van der Waals surface area contributed by atoms with E-state index in [9.17, 15) is 13.2 Å². The zero-order valence-electron chi connectivity index (χ0n) is 16.8. The van der Waals surface area contributed by atoms with E-state index in [2.05, 4.69) is 12.2 Å². The summed E-state index contributed by atoms with van der Waals surface area (Å²) < 4.78 is 27.9. The highest BCUT2D eigenvalue weighted by Crippen LogP contribution is 2.29. The minimum absolute atomic E-state index is 0.0720. The second kappa shape index (κ2) is 7.89. The molecule has 1 atom stereocenters. The van der Waals surface area contributed by atoms with Crippen LogP contribution in [0.1, 0.15) is 36.5 Å². The molecule has 0 spiro atoms. The van der Waals surface area contributed by atoms with E-state index in [0.29, 0.717) is 30.8 Å². The van der Waals surface area contributed by atoms with Gasteiger partial charge in [-0.1, -0.05) is 17.7 Å². The average molecular weight is 394 g/mol. The van der Waals surface area contributed by atoms with E-state index in [-0.39, 0.29) is 17.9 Å². The van der Waals surface area contributed by atoms with Crippen molar-refractivity contribution in [2.75, 3.05) is 32.7 Å². The van der Waals surface area contributed by atoms with Crippen molar-refractivity contribution in [3.63, 3.8) is 0 Å². The van der Waals surface area contributed by atoms with E-state index in [0.717, 1.165) is 36.3 Å². The summed E-state index contributed by atoms with van der Waals surface area (Å²) in [6.07, 6.45) is 1.19. The third kappa shape index (κ3) is 4.05. The third-order valence-electron chi connectivity index (χ3n) is 5.79. The molecule has 6 nitrogen and oxygen atoms in total. The molecule has 3 rings (SSSR count). The molecule has 0 unspecified atom stereocenters. The Morgan fingerprint density at radius 3 is 2.22 bits per heavy atom. The van der Waals surface area contributed by atoms with Gasteiger partial charge in [0, 0.05) is 44.7 Å². The third-order valence-corrected chi connectivity index (χ3v) is 7.99. The van der Waals surface area contributed by atoms with Crippen LogP contribution in [0, 0.1) is 26.7 Å². The Kier molecular flexibility index (Phi) is 5.93. The number of piperidine rings is 1. The lowest BCUT2D eigenvalue weighted by molar-refractivity contribution is -0.139. The fourth-order valence-electron chi connectivity index (χ4n) is 4.45. The Morgan fingerprint density at radius 2 is 1.67 bits per heavy atom. The van der Waals surface area contributed by atoms with Crippen LogP contribution in [0.4, 0.5) is 0 Å². The minimum Gasteiger partial charge on any atom is -0.337 e. The van der Waals surface area contributed by atoms with E-state index in [1.165, 1.54) is 0 Å². The maximum atomic E-state index is 13.2. The van der Waals surface area contributed by atoms with Gasteiger partial charge in [-0.25, -0.2) is 8.42 Å². The van der Waals surface area contributed by atoms with Crippen molar-refractivity contribution < 1.29 is 13.2 Å². The Bertz CT molecular complexity index is 791. The number of benzene rings is 1. The van der Waals surface area contributed by atoms with Gasteiger partial charge in [0.2, 0.25) is 15.9 Å². The highest BCUT2D eigenvalue weighted by molar-refractivity contribution is 7.89. The van der Waals surface area contributed by atoms with Crippen molar-refractivity contribution in [1.82, 2.24) is 14.5 Å². The van der Waals surface area contributed by atoms with E-state index in [1.54, 1.807) is 4.31 Å². The molecule has 0 aliphatic carbocycles. The van der Waals surface area contributed by atoms with E-state index >= 15 is 0 Å². The highest BCUT2D eigenvalue weighted by atomic mass is 32.2. The molecule has 0 bridgehead atoms. The van der Waals surface area contributed by atoms with Gasteiger partial charge in [-0.05, 0) is 51.7 Å². The zero-order chi connectivity index (χ0) is 19.8. The molecule has 2 aliphatic rings. The van der Waals surface area contributed by atoms with Crippen molar-refractivity contribution in [2.24, 2.45) is 5.92 Å². The van der Waals surface area contributed by atoms with Crippen molar-refractivity contribution in [2.45, 2.75) is 51.5 Å². The fourth-order valence-corrected chi connectivity index (χ4v) is 6.33. The summed E-state index contributed by atoms with van der Waals surface area (Å²) in [5.41, 5.74) is 2.65. The van der Waals surface area contributed by atoms with Gasteiger partial charge in [-0.2, -0.15) is 4.31 Å². The van der Waals surface area contributed by atoms with Gasteiger partial charge >= 0.3 is 0 Å². The molecule has 27 heavy (non-hydrogen) atoms. The predicted octanol–water partition coefficient (Wildman–Crippen LogP) is 1.83. The molecular weight excluding hydrogens is 362 g/mol. The molecule has 0 saturated carbocycles. The zero-order valence-corrected chi connectivity index (χ0v) is 17.6. The molecule has 2 heterocycles. The Morgan fingerprint density at radius 1 is 1.07 bits per heavy atom. The smallest absolute Gasteiger partial charge is 0.243 e. The van der Waals surface area contributed by atoms with E-state index < -0.39 is 10.0 Å². The van der Waals surface area contributed by atoms with Crippen LogP contribution in [-0.4, -0.2) is 62.3 Å². The normalized spacial score (nSPS) is 22.8. The summed E-state index contributed by atoms with van der Waals surface area (Å²) >= 11 is 0. The number of hydrogen-bond acceptors (Lipinski definition) is 4. The summed E-state index contributed by atoms with van der Waals surface area (Å²) in [4.78, 5) is 15.2. The topological polar surface area (TPSA) is 69.7 Å². The van der Waals surface area contributed by atoms with Crippen LogP contribution >= 0.6 is 0 Å². The molecule has 0 aromatic heterocycles. The van der Waals surface area contributed by atoms with Crippen LogP contribution in [0.2, 0.25) is 0 Å². The highest BCUT2D eigenvalue weighted by Gasteiger charge is 2.36. The Labute approximate surface area is 163 Å². The molecule has 2 saturated heterocycles. The van der Waals surface area contributed by atoms with Gasteiger partial charge in [0.05, 0.1) is 4.90 Å². The first kappa shape index (κ1) is 20.3. The lowest BCUT2D eigenvalue weighted by Crippen LogP contribution is -2.55. The molecular formula is C20H31N3O3S.